The van der Waals surface area contributed by atoms with Gasteiger partial charge < -0.3 is 15.4 Å². The molecule has 3 N–H and O–H groups in total. The van der Waals surface area contributed by atoms with Crippen LogP contribution in [0.15, 0.2) is 18.2 Å². The third kappa shape index (κ3) is 2.10. The molecule has 0 spiro atoms. The van der Waals surface area contributed by atoms with Gasteiger partial charge in [-0.2, -0.15) is 0 Å². The number of rotatable bonds is 4. The zero-order valence-corrected chi connectivity index (χ0v) is 11.9. The molecule has 20 heavy (non-hydrogen) atoms. The maximum Gasteiger partial charge on any atom is 0.320 e. The third-order valence-electron chi connectivity index (χ3n) is 4.44. The van der Waals surface area contributed by atoms with E-state index in [-0.39, 0.29) is 0 Å². The fourth-order valence-corrected chi connectivity index (χ4v) is 2.90. The smallest absolute Gasteiger partial charge is 0.320 e. The lowest BCUT2D eigenvalue weighted by molar-refractivity contribution is -0.138. The van der Waals surface area contributed by atoms with Crippen LogP contribution < -0.4 is 5.73 Å². The van der Waals surface area contributed by atoms with E-state index < -0.39 is 12.0 Å². The molecule has 0 bridgehead atoms. The monoisotopic (exact) mass is 272 g/mol. The Morgan fingerprint density at radius 3 is 2.80 bits per heavy atom. The Hall–Kier alpha value is -1.81. The summed E-state index contributed by atoms with van der Waals surface area (Å²) in [7, 11) is 2.02. The number of aryl methyl sites for hydroxylation is 1. The first-order valence-corrected chi connectivity index (χ1v) is 7.05. The van der Waals surface area contributed by atoms with E-state index in [4.69, 9.17) is 10.8 Å². The summed E-state index contributed by atoms with van der Waals surface area (Å²) in [5.41, 5.74) is 10.4. The molecule has 4 nitrogen and oxygen atoms in total. The van der Waals surface area contributed by atoms with E-state index in [0.717, 1.165) is 22.2 Å². The van der Waals surface area contributed by atoms with Gasteiger partial charge in [-0.25, -0.2) is 0 Å². The summed E-state index contributed by atoms with van der Waals surface area (Å²) >= 11 is 0. The van der Waals surface area contributed by atoms with Gasteiger partial charge in [0.15, 0.2) is 0 Å². The lowest BCUT2D eigenvalue weighted by Gasteiger charge is -2.07. The van der Waals surface area contributed by atoms with Crippen molar-refractivity contribution < 1.29 is 9.90 Å². The molecule has 1 aromatic heterocycles. The number of fused-ring (bicyclic) bond motifs is 1. The van der Waals surface area contributed by atoms with E-state index >= 15 is 0 Å². The zero-order valence-electron chi connectivity index (χ0n) is 11.9. The number of carboxylic acids is 1. The van der Waals surface area contributed by atoms with Crippen LogP contribution in [-0.2, 0) is 18.3 Å². The molecule has 0 radical (unpaired) electrons. The van der Waals surface area contributed by atoms with Crippen LogP contribution in [-0.4, -0.2) is 21.7 Å². The number of aliphatic carboxylic acids is 1. The molecule has 106 valence electrons. The van der Waals surface area contributed by atoms with E-state index in [1.807, 2.05) is 14.0 Å². The third-order valence-corrected chi connectivity index (χ3v) is 4.44. The van der Waals surface area contributed by atoms with E-state index in [1.165, 1.54) is 18.4 Å². The van der Waals surface area contributed by atoms with E-state index in [9.17, 15) is 4.79 Å². The van der Waals surface area contributed by atoms with Gasteiger partial charge in [0.1, 0.15) is 6.04 Å². The first kappa shape index (κ1) is 13.2. The molecule has 1 aromatic carbocycles. The molecular weight excluding hydrogens is 252 g/mol. The Kier molecular flexibility index (Phi) is 3.05. The molecular formula is C16H20N2O2. The summed E-state index contributed by atoms with van der Waals surface area (Å²) in [5, 5.41) is 10.2. The number of nitrogens with zero attached hydrogens (tertiary/aromatic N) is 1. The topological polar surface area (TPSA) is 68.2 Å². The van der Waals surface area contributed by atoms with Gasteiger partial charge in [-0.1, -0.05) is 6.07 Å². The highest BCUT2D eigenvalue weighted by atomic mass is 16.4. The van der Waals surface area contributed by atoms with Crippen LogP contribution in [0.25, 0.3) is 10.9 Å². The quantitative estimate of drug-likeness (QED) is 0.897. The number of hydrogen-bond acceptors (Lipinski definition) is 2. The lowest BCUT2D eigenvalue weighted by atomic mass is 10.0. The average molecular weight is 272 g/mol. The van der Waals surface area contributed by atoms with Crippen molar-refractivity contribution in [1.29, 1.82) is 0 Å². The molecule has 1 atom stereocenters. The molecule has 2 aromatic rings. The average Bonchev–Trinajstić information content (AvgIpc) is 3.23. The summed E-state index contributed by atoms with van der Waals surface area (Å²) in [6, 6.07) is 5.72. The van der Waals surface area contributed by atoms with Crippen LogP contribution in [0.5, 0.6) is 0 Å². The van der Waals surface area contributed by atoms with Gasteiger partial charge in [0.25, 0.3) is 0 Å². The molecule has 4 heteroatoms. The van der Waals surface area contributed by atoms with Crippen molar-refractivity contribution in [2.45, 2.75) is 38.1 Å². The van der Waals surface area contributed by atoms with Gasteiger partial charge in [-0.05, 0) is 48.9 Å². The Morgan fingerprint density at radius 2 is 2.20 bits per heavy atom. The van der Waals surface area contributed by atoms with Gasteiger partial charge in [0, 0.05) is 30.1 Å². The predicted molar refractivity (Wildman–Crippen MR) is 78.9 cm³/mol. The highest BCUT2D eigenvalue weighted by Crippen LogP contribution is 2.41. The summed E-state index contributed by atoms with van der Waals surface area (Å²) in [6.07, 6.45) is 2.91. The minimum absolute atomic E-state index is 0.382. The maximum atomic E-state index is 11.0. The van der Waals surface area contributed by atoms with Gasteiger partial charge in [0.2, 0.25) is 0 Å². The van der Waals surface area contributed by atoms with E-state index in [0.29, 0.717) is 12.3 Å². The highest BCUT2D eigenvalue weighted by Gasteiger charge is 2.25. The molecule has 0 amide bonds. The predicted octanol–water partition coefficient (Wildman–Crippen LogP) is 2.32. The molecule has 3 rings (SSSR count). The molecule has 1 aliphatic rings. The molecule has 1 heterocycles. The van der Waals surface area contributed by atoms with Crippen molar-refractivity contribution >= 4 is 16.9 Å². The lowest BCUT2D eigenvalue weighted by Crippen LogP contribution is -2.32. The van der Waals surface area contributed by atoms with Crippen LogP contribution in [0.3, 0.4) is 0 Å². The highest BCUT2D eigenvalue weighted by molar-refractivity contribution is 5.87. The first-order valence-electron chi connectivity index (χ1n) is 7.05. The number of benzene rings is 1. The Morgan fingerprint density at radius 1 is 1.50 bits per heavy atom. The molecule has 1 saturated carbocycles. The SMILES string of the molecule is Cc1c(CC(N)C(=O)O)c2cc(C3CC3)ccc2n1C. The molecule has 0 saturated heterocycles. The van der Waals surface area contributed by atoms with E-state index in [1.54, 1.807) is 0 Å². The summed E-state index contributed by atoms with van der Waals surface area (Å²) in [6.45, 7) is 2.03. The summed E-state index contributed by atoms with van der Waals surface area (Å²) < 4.78 is 2.12. The Balaban J connectivity index is 2.10. The number of carbonyl (C=O) groups is 1. The minimum Gasteiger partial charge on any atom is -0.480 e. The van der Waals surface area contributed by atoms with Crippen LogP contribution in [0.2, 0.25) is 0 Å². The summed E-state index contributed by atoms with van der Waals surface area (Å²) in [4.78, 5) is 11.0. The second-order valence-electron chi connectivity index (χ2n) is 5.82. The Labute approximate surface area is 118 Å². The largest absolute Gasteiger partial charge is 0.480 e. The van der Waals surface area contributed by atoms with Crippen LogP contribution in [0.1, 0.15) is 35.6 Å². The van der Waals surface area contributed by atoms with Crippen molar-refractivity contribution in [3.05, 3.63) is 35.0 Å². The van der Waals surface area contributed by atoms with Gasteiger partial charge in [-0.15, -0.1) is 0 Å². The molecule has 0 aliphatic heterocycles. The van der Waals surface area contributed by atoms with Crippen molar-refractivity contribution in [2.24, 2.45) is 12.8 Å². The van der Waals surface area contributed by atoms with Crippen molar-refractivity contribution in [3.8, 4) is 0 Å². The fraction of sp³-hybridized carbons (Fsp3) is 0.438. The second kappa shape index (κ2) is 4.63. The van der Waals surface area contributed by atoms with Crippen LogP contribution in [0.4, 0.5) is 0 Å². The number of nitrogens with two attached hydrogens (primary N) is 1. The van der Waals surface area contributed by atoms with Crippen LogP contribution in [0, 0.1) is 6.92 Å². The van der Waals surface area contributed by atoms with Gasteiger partial charge >= 0.3 is 5.97 Å². The Bertz CT molecular complexity index is 683. The minimum atomic E-state index is -0.945. The fourth-order valence-electron chi connectivity index (χ4n) is 2.90. The maximum absolute atomic E-state index is 11.0. The molecule has 1 unspecified atom stereocenters. The normalized spacial score (nSPS) is 16.6. The first-order chi connectivity index (χ1) is 9.49. The van der Waals surface area contributed by atoms with Gasteiger partial charge in [-0.3, -0.25) is 4.79 Å². The molecule has 1 fully saturated rings. The second-order valence-corrected chi connectivity index (χ2v) is 5.82. The van der Waals surface area contributed by atoms with Gasteiger partial charge in [0.05, 0.1) is 0 Å². The van der Waals surface area contributed by atoms with E-state index in [2.05, 4.69) is 22.8 Å². The summed E-state index contributed by atoms with van der Waals surface area (Å²) in [5.74, 6) is -0.249. The van der Waals surface area contributed by atoms with Crippen molar-refractivity contribution in [3.63, 3.8) is 0 Å². The standard InChI is InChI=1S/C16H20N2O2/c1-9-12(8-14(17)16(19)20)13-7-11(10-3-4-10)5-6-15(13)18(9)2/h5-7,10,14H,3-4,8,17H2,1-2H3,(H,19,20). The number of hydrogen-bond donors (Lipinski definition) is 2. The number of carboxylic acid groups (broad SMARTS) is 1. The van der Waals surface area contributed by atoms with Crippen molar-refractivity contribution in [1.82, 2.24) is 4.57 Å². The zero-order chi connectivity index (χ0) is 14.4. The molecule has 1 aliphatic carbocycles. The number of aromatic nitrogens is 1. The van der Waals surface area contributed by atoms with Crippen molar-refractivity contribution in [2.75, 3.05) is 0 Å². The van der Waals surface area contributed by atoms with Crippen LogP contribution >= 0.6 is 0 Å².